The molecule has 0 fully saturated rings. The highest BCUT2D eigenvalue weighted by Gasteiger charge is 1.97. The number of hydrogen-bond donors (Lipinski definition) is 1. The normalized spacial score (nSPS) is 9.92. The van der Waals surface area contributed by atoms with Gasteiger partial charge in [-0.3, -0.25) is 0 Å². The molecule has 66 valence electrons. The van der Waals surface area contributed by atoms with E-state index in [9.17, 15) is 0 Å². The lowest BCUT2D eigenvalue weighted by Crippen LogP contribution is -2.06. The zero-order valence-electron chi connectivity index (χ0n) is 7.85. The molecule has 0 bridgehead atoms. The zero-order chi connectivity index (χ0) is 8.97. The number of methoxy groups -OCH3 is 1. The lowest BCUT2D eigenvalue weighted by molar-refractivity contribution is 0.414. The van der Waals surface area contributed by atoms with Crippen LogP contribution >= 0.6 is 0 Å². The van der Waals surface area contributed by atoms with Crippen molar-refractivity contribution in [3.05, 3.63) is 29.3 Å². The fourth-order valence-corrected chi connectivity index (χ4v) is 1.18. The summed E-state index contributed by atoms with van der Waals surface area (Å²) in [4.78, 5) is 0. The van der Waals surface area contributed by atoms with Crippen molar-refractivity contribution in [2.24, 2.45) is 0 Å². The van der Waals surface area contributed by atoms with Crippen LogP contribution in [0.1, 0.15) is 11.1 Å². The Morgan fingerprint density at radius 2 is 2.17 bits per heavy atom. The van der Waals surface area contributed by atoms with Crippen molar-refractivity contribution in [2.45, 2.75) is 13.5 Å². The van der Waals surface area contributed by atoms with Gasteiger partial charge in [0.25, 0.3) is 0 Å². The lowest BCUT2D eigenvalue weighted by atomic mass is 10.1. The first-order valence-corrected chi connectivity index (χ1v) is 4.06. The van der Waals surface area contributed by atoms with Crippen molar-refractivity contribution in [2.75, 3.05) is 14.2 Å². The maximum atomic E-state index is 5.11. The molecular weight excluding hydrogens is 150 g/mol. The summed E-state index contributed by atoms with van der Waals surface area (Å²) in [5.74, 6) is 0.923. The first-order valence-electron chi connectivity index (χ1n) is 4.06. The highest BCUT2D eigenvalue weighted by Crippen LogP contribution is 2.16. The zero-order valence-corrected chi connectivity index (χ0v) is 7.85. The third kappa shape index (κ3) is 1.98. The molecule has 0 atom stereocenters. The van der Waals surface area contributed by atoms with Gasteiger partial charge in [0.05, 0.1) is 7.11 Å². The molecule has 0 aliphatic rings. The van der Waals surface area contributed by atoms with Gasteiger partial charge in [0.2, 0.25) is 0 Å². The Hall–Kier alpha value is -1.02. The smallest absolute Gasteiger partial charge is 0.119 e. The van der Waals surface area contributed by atoms with Crippen LogP contribution in [0.2, 0.25) is 0 Å². The Bertz CT molecular complexity index is 258. The van der Waals surface area contributed by atoms with Crippen LogP contribution in [0.4, 0.5) is 0 Å². The van der Waals surface area contributed by atoms with Crippen LogP contribution < -0.4 is 10.1 Å². The molecule has 12 heavy (non-hydrogen) atoms. The first-order chi connectivity index (χ1) is 5.77. The van der Waals surface area contributed by atoms with Gasteiger partial charge in [-0.2, -0.15) is 0 Å². The van der Waals surface area contributed by atoms with Crippen LogP contribution in [0.15, 0.2) is 18.2 Å². The molecule has 1 aromatic carbocycles. The van der Waals surface area contributed by atoms with Gasteiger partial charge in [-0.25, -0.2) is 0 Å². The van der Waals surface area contributed by atoms with E-state index in [1.54, 1.807) is 7.11 Å². The predicted molar refractivity (Wildman–Crippen MR) is 50.5 cm³/mol. The van der Waals surface area contributed by atoms with Crippen molar-refractivity contribution >= 4 is 0 Å². The minimum Gasteiger partial charge on any atom is -0.497 e. The van der Waals surface area contributed by atoms with E-state index in [0.29, 0.717) is 0 Å². The predicted octanol–water partition coefficient (Wildman–Crippen LogP) is 1.72. The number of aryl methyl sites for hydroxylation is 1. The summed E-state index contributed by atoms with van der Waals surface area (Å²) >= 11 is 0. The topological polar surface area (TPSA) is 21.3 Å². The number of benzene rings is 1. The monoisotopic (exact) mass is 165 g/mol. The molecule has 0 saturated carbocycles. The van der Waals surface area contributed by atoms with Gasteiger partial charge in [-0.05, 0) is 37.2 Å². The van der Waals surface area contributed by atoms with E-state index in [-0.39, 0.29) is 0 Å². The molecule has 2 nitrogen and oxygen atoms in total. The van der Waals surface area contributed by atoms with Crippen molar-refractivity contribution in [1.29, 1.82) is 0 Å². The van der Waals surface area contributed by atoms with Crippen LogP contribution in [0.5, 0.6) is 5.75 Å². The summed E-state index contributed by atoms with van der Waals surface area (Å²) in [7, 11) is 3.64. The molecule has 2 heteroatoms. The summed E-state index contributed by atoms with van der Waals surface area (Å²) in [6, 6.07) is 6.12. The molecule has 0 heterocycles. The number of hydrogen-bond acceptors (Lipinski definition) is 2. The van der Waals surface area contributed by atoms with E-state index >= 15 is 0 Å². The van der Waals surface area contributed by atoms with Crippen LogP contribution in [0, 0.1) is 6.92 Å². The van der Waals surface area contributed by atoms with Crippen LogP contribution in [-0.2, 0) is 6.54 Å². The summed E-state index contributed by atoms with van der Waals surface area (Å²) < 4.78 is 5.11. The number of ether oxygens (including phenoxy) is 1. The molecule has 1 aromatic rings. The molecule has 0 unspecified atom stereocenters. The molecule has 0 spiro atoms. The summed E-state index contributed by atoms with van der Waals surface area (Å²) in [6.45, 7) is 3.00. The fraction of sp³-hybridized carbons (Fsp3) is 0.400. The van der Waals surface area contributed by atoms with Gasteiger partial charge >= 0.3 is 0 Å². The second kappa shape index (κ2) is 4.12. The second-order valence-corrected chi connectivity index (χ2v) is 2.82. The van der Waals surface area contributed by atoms with E-state index in [4.69, 9.17) is 4.74 Å². The summed E-state index contributed by atoms with van der Waals surface area (Å²) in [5, 5.41) is 3.12. The molecule has 0 aromatic heterocycles. The summed E-state index contributed by atoms with van der Waals surface area (Å²) in [5.41, 5.74) is 2.59. The van der Waals surface area contributed by atoms with Crippen LogP contribution in [0.3, 0.4) is 0 Å². The Morgan fingerprint density at radius 3 is 2.67 bits per heavy atom. The van der Waals surface area contributed by atoms with Crippen LogP contribution in [-0.4, -0.2) is 14.2 Å². The third-order valence-corrected chi connectivity index (χ3v) is 1.92. The number of nitrogens with one attached hydrogen (secondary N) is 1. The SMILES string of the molecule is CNCc1ccc(OC)cc1C. The molecule has 0 saturated heterocycles. The number of rotatable bonds is 3. The Kier molecular flexibility index (Phi) is 3.11. The highest BCUT2D eigenvalue weighted by molar-refractivity contribution is 5.34. The standard InChI is InChI=1S/C10H15NO/c1-8-6-10(12-3)5-4-9(8)7-11-2/h4-6,11H,7H2,1-3H3. The van der Waals surface area contributed by atoms with Gasteiger partial charge in [0, 0.05) is 6.54 Å². The quantitative estimate of drug-likeness (QED) is 0.736. The van der Waals surface area contributed by atoms with Gasteiger partial charge in [0.1, 0.15) is 5.75 Å². The maximum Gasteiger partial charge on any atom is 0.119 e. The first kappa shape index (κ1) is 9.07. The molecule has 0 aliphatic carbocycles. The van der Waals surface area contributed by atoms with Crippen molar-refractivity contribution < 1.29 is 4.74 Å². The van der Waals surface area contributed by atoms with Crippen molar-refractivity contribution in [3.63, 3.8) is 0 Å². The van der Waals surface area contributed by atoms with E-state index in [2.05, 4.69) is 18.3 Å². The largest absolute Gasteiger partial charge is 0.497 e. The van der Waals surface area contributed by atoms with E-state index in [0.717, 1.165) is 12.3 Å². The van der Waals surface area contributed by atoms with Gasteiger partial charge < -0.3 is 10.1 Å². The van der Waals surface area contributed by atoms with Crippen molar-refractivity contribution in [1.82, 2.24) is 5.32 Å². The van der Waals surface area contributed by atoms with E-state index < -0.39 is 0 Å². The van der Waals surface area contributed by atoms with E-state index in [1.165, 1.54) is 11.1 Å². The van der Waals surface area contributed by atoms with Gasteiger partial charge in [0.15, 0.2) is 0 Å². The maximum absolute atomic E-state index is 5.11. The highest BCUT2D eigenvalue weighted by atomic mass is 16.5. The average molecular weight is 165 g/mol. The molecular formula is C10H15NO. The molecule has 1 rings (SSSR count). The lowest BCUT2D eigenvalue weighted by Gasteiger charge is -2.06. The third-order valence-electron chi connectivity index (χ3n) is 1.92. The Labute approximate surface area is 73.6 Å². The minimum absolute atomic E-state index is 0.913. The molecule has 0 radical (unpaired) electrons. The Balaban J connectivity index is 2.87. The van der Waals surface area contributed by atoms with Gasteiger partial charge in [-0.1, -0.05) is 6.07 Å². The molecule has 0 aliphatic heterocycles. The average Bonchev–Trinajstić information content (AvgIpc) is 2.09. The Morgan fingerprint density at radius 1 is 1.42 bits per heavy atom. The molecule has 0 amide bonds. The minimum atomic E-state index is 0.913. The fourth-order valence-electron chi connectivity index (χ4n) is 1.18. The molecule has 1 N–H and O–H groups in total. The summed E-state index contributed by atoms with van der Waals surface area (Å²) in [6.07, 6.45) is 0. The van der Waals surface area contributed by atoms with Crippen molar-refractivity contribution in [3.8, 4) is 5.75 Å². The van der Waals surface area contributed by atoms with Crippen LogP contribution in [0.25, 0.3) is 0 Å². The second-order valence-electron chi connectivity index (χ2n) is 2.82. The van der Waals surface area contributed by atoms with E-state index in [1.807, 2.05) is 19.2 Å². The van der Waals surface area contributed by atoms with Gasteiger partial charge in [-0.15, -0.1) is 0 Å².